The first kappa shape index (κ1) is 11.1. The number of carboxylic acid groups (broad SMARTS) is 1. The summed E-state index contributed by atoms with van der Waals surface area (Å²) in [5.41, 5.74) is 2.25. The number of rotatable bonds is 3. The van der Waals surface area contributed by atoms with Crippen LogP contribution >= 0.6 is 0 Å². The molecule has 2 heterocycles. The Labute approximate surface area is 94.7 Å². The zero-order chi connectivity index (χ0) is 11.7. The van der Waals surface area contributed by atoms with Gasteiger partial charge < -0.3 is 5.11 Å². The van der Waals surface area contributed by atoms with E-state index in [1.807, 2.05) is 6.92 Å². The van der Waals surface area contributed by atoms with E-state index in [0.29, 0.717) is 12.2 Å². The number of aromatic carboxylic acids is 1. The second-order valence-corrected chi connectivity index (χ2v) is 4.01. The molecular weight excluding hydrogens is 206 g/mol. The molecule has 0 aliphatic carbocycles. The fourth-order valence-electron chi connectivity index (χ4n) is 2.24. The number of likely N-dealkylation sites (N-methyl/N-ethyl adjacent to an activating group) is 1. The van der Waals surface area contributed by atoms with Crippen LogP contribution in [0.2, 0.25) is 0 Å². The molecule has 1 aliphatic rings. The fraction of sp³-hybridized carbons (Fsp3) is 0.636. The number of carbonyl (C=O) groups is 1. The van der Waals surface area contributed by atoms with Gasteiger partial charge in [0, 0.05) is 25.2 Å². The van der Waals surface area contributed by atoms with Crippen molar-refractivity contribution in [1.82, 2.24) is 14.7 Å². The van der Waals surface area contributed by atoms with E-state index < -0.39 is 5.97 Å². The average molecular weight is 223 g/mol. The van der Waals surface area contributed by atoms with Crippen LogP contribution in [0, 0.1) is 0 Å². The highest BCUT2D eigenvalue weighted by atomic mass is 16.4. The summed E-state index contributed by atoms with van der Waals surface area (Å²) in [6.45, 7) is 7.34. The molecule has 88 valence electrons. The number of aryl methyl sites for hydroxylation is 1. The Morgan fingerprint density at radius 1 is 1.44 bits per heavy atom. The van der Waals surface area contributed by atoms with Crippen LogP contribution < -0.4 is 0 Å². The quantitative estimate of drug-likeness (QED) is 0.829. The molecule has 0 unspecified atom stereocenters. The maximum atomic E-state index is 11.2. The van der Waals surface area contributed by atoms with Crippen molar-refractivity contribution in [3.8, 4) is 0 Å². The number of nitrogens with zero attached hydrogens (tertiary/aromatic N) is 3. The van der Waals surface area contributed by atoms with Gasteiger partial charge in [0.05, 0.1) is 5.69 Å². The molecule has 0 spiro atoms. The molecule has 1 N–H and O–H groups in total. The lowest BCUT2D eigenvalue weighted by atomic mass is 10.0. The first-order chi connectivity index (χ1) is 7.67. The lowest BCUT2D eigenvalue weighted by Gasteiger charge is -2.24. The standard InChI is InChI=1S/C11H17N3O2/c1-3-13-6-5-8-9(7-13)12-14(4-2)10(8)11(15)16/h3-7H2,1-2H3,(H,15,16). The van der Waals surface area contributed by atoms with E-state index >= 15 is 0 Å². The van der Waals surface area contributed by atoms with Crippen molar-refractivity contribution in [2.75, 3.05) is 13.1 Å². The van der Waals surface area contributed by atoms with Gasteiger partial charge in [0.1, 0.15) is 5.69 Å². The van der Waals surface area contributed by atoms with Crippen molar-refractivity contribution >= 4 is 5.97 Å². The van der Waals surface area contributed by atoms with Crippen LogP contribution in [-0.2, 0) is 19.5 Å². The summed E-state index contributed by atoms with van der Waals surface area (Å²) in [4.78, 5) is 13.5. The Morgan fingerprint density at radius 3 is 2.75 bits per heavy atom. The molecular formula is C11H17N3O2. The number of carboxylic acids is 1. The van der Waals surface area contributed by atoms with Crippen molar-refractivity contribution in [3.63, 3.8) is 0 Å². The predicted octanol–water partition coefficient (Wildman–Crippen LogP) is 0.979. The Balaban J connectivity index is 2.41. The molecule has 0 radical (unpaired) electrons. The smallest absolute Gasteiger partial charge is 0.354 e. The lowest BCUT2D eigenvalue weighted by Crippen LogP contribution is -2.30. The van der Waals surface area contributed by atoms with Crippen LogP contribution in [0.4, 0.5) is 0 Å². The third-order valence-electron chi connectivity index (χ3n) is 3.13. The minimum absolute atomic E-state index is 0.383. The van der Waals surface area contributed by atoms with Gasteiger partial charge in [0.2, 0.25) is 0 Å². The van der Waals surface area contributed by atoms with Crippen molar-refractivity contribution in [2.24, 2.45) is 0 Å². The Kier molecular flexibility index (Phi) is 2.96. The molecule has 0 aromatic carbocycles. The predicted molar refractivity (Wildman–Crippen MR) is 59.5 cm³/mol. The molecule has 5 nitrogen and oxygen atoms in total. The summed E-state index contributed by atoms with van der Waals surface area (Å²) in [6, 6.07) is 0. The fourth-order valence-corrected chi connectivity index (χ4v) is 2.24. The molecule has 0 saturated carbocycles. The van der Waals surface area contributed by atoms with Gasteiger partial charge in [-0.2, -0.15) is 5.10 Å². The van der Waals surface area contributed by atoms with Gasteiger partial charge in [0.25, 0.3) is 0 Å². The Morgan fingerprint density at radius 2 is 2.19 bits per heavy atom. The largest absolute Gasteiger partial charge is 0.477 e. The minimum Gasteiger partial charge on any atom is -0.477 e. The van der Waals surface area contributed by atoms with E-state index in [4.69, 9.17) is 0 Å². The van der Waals surface area contributed by atoms with E-state index in [1.54, 1.807) is 4.68 Å². The maximum Gasteiger partial charge on any atom is 0.354 e. The van der Waals surface area contributed by atoms with Crippen LogP contribution in [0.1, 0.15) is 35.6 Å². The number of fused-ring (bicyclic) bond motifs is 1. The van der Waals surface area contributed by atoms with Gasteiger partial charge in [-0.15, -0.1) is 0 Å². The first-order valence-electron chi connectivity index (χ1n) is 5.71. The summed E-state index contributed by atoms with van der Waals surface area (Å²) in [7, 11) is 0. The summed E-state index contributed by atoms with van der Waals surface area (Å²) in [5.74, 6) is -0.861. The highest BCUT2D eigenvalue weighted by Crippen LogP contribution is 2.22. The number of aromatic nitrogens is 2. The number of hydrogen-bond donors (Lipinski definition) is 1. The Bertz CT molecular complexity index is 412. The highest BCUT2D eigenvalue weighted by Gasteiger charge is 2.26. The second kappa shape index (κ2) is 4.25. The normalized spacial score (nSPS) is 16.1. The first-order valence-corrected chi connectivity index (χ1v) is 5.71. The van der Waals surface area contributed by atoms with E-state index in [9.17, 15) is 9.90 Å². The van der Waals surface area contributed by atoms with E-state index in [2.05, 4.69) is 16.9 Å². The highest BCUT2D eigenvalue weighted by molar-refractivity contribution is 5.87. The molecule has 1 aromatic rings. The monoisotopic (exact) mass is 223 g/mol. The van der Waals surface area contributed by atoms with Crippen molar-refractivity contribution in [2.45, 2.75) is 33.4 Å². The molecule has 16 heavy (non-hydrogen) atoms. The second-order valence-electron chi connectivity index (χ2n) is 4.01. The molecule has 0 bridgehead atoms. The molecule has 5 heteroatoms. The molecule has 1 aliphatic heterocycles. The van der Waals surface area contributed by atoms with E-state index in [-0.39, 0.29) is 0 Å². The zero-order valence-corrected chi connectivity index (χ0v) is 9.73. The molecule has 0 fully saturated rings. The molecule has 1 aromatic heterocycles. The van der Waals surface area contributed by atoms with Crippen LogP contribution in [0.25, 0.3) is 0 Å². The van der Waals surface area contributed by atoms with Crippen molar-refractivity contribution in [1.29, 1.82) is 0 Å². The van der Waals surface area contributed by atoms with Crippen molar-refractivity contribution < 1.29 is 9.90 Å². The summed E-state index contributed by atoms with van der Waals surface area (Å²) in [6.07, 6.45) is 0.796. The number of hydrogen-bond acceptors (Lipinski definition) is 3. The Hall–Kier alpha value is -1.36. The topological polar surface area (TPSA) is 58.4 Å². The van der Waals surface area contributed by atoms with Gasteiger partial charge in [-0.1, -0.05) is 6.92 Å². The maximum absolute atomic E-state index is 11.2. The third kappa shape index (κ3) is 1.71. The van der Waals surface area contributed by atoms with Gasteiger partial charge in [-0.25, -0.2) is 4.79 Å². The molecule has 0 atom stereocenters. The summed E-state index contributed by atoms with van der Waals surface area (Å²) >= 11 is 0. The molecule has 0 saturated heterocycles. The van der Waals surface area contributed by atoms with Gasteiger partial charge >= 0.3 is 5.97 Å². The lowest BCUT2D eigenvalue weighted by molar-refractivity contribution is 0.0682. The summed E-state index contributed by atoms with van der Waals surface area (Å²) in [5, 5.41) is 13.6. The molecule has 0 amide bonds. The summed E-state index contributed by atoms with van der Waals surface area (Å²) < 4.78 is 1.60. The van der Waals surface area contributed by atoms with E-state index in [1.165, 1.54) is 0 Å². The minimum atomic E-state index is -0.861. The van der Waals surface area contributed by atoms with Gasteiger partial charge in [0.15, 0.2) is 0 Å². The zero-order valence-electron chi connectivity index (χ0n) is 9.73. The van der Waals surface area contributed by atoms with E-state index in [0.717, 1.165) is 37.3 Å². The van der Waals surface area contributed by atoms with Crippen LogP contribution in [0.15, 0.2) is 0 Å². The van der Waals surface area contributed by atoms with Gasteiger partial charge in [-0.05, 0) is 19.9 Å². The average Bonchev–Trinajstić information content (AvgIpc) is 2.65. The molecule has 2 rings (SSSR count). The van der Waals surface area contributed by atoms with Crippen LogP contribution in [0.3, 0.4) is 0 Å². The van der Waals surface area contributed by atoms with Crippen molar-refractivity contribution in [3.05, 3.63) is 17.0 Å². The van der Waals surface area contributed by atoms with Gasteiger partial charge in [-0.3, -0.25) is 9.58 Å². The van der Waals surface area contributed by atoms with Crippen LogP contribution in [-0.4, -0.2) is 38.8 Å². The van der Waals surface area contributed by atoms with Crippen LogP contribution in [0.5, 0.6) is 0 Å². The third-order valence-corrected chi connectivity index (χ3v) is 3.13. The SMILES string of the molecule is CCN1CCc2c(nn(CC)c2C(=O)O)C1.